The molecule has 1 saturated heterocycles. The molecule has 4 atom stereocenters. The molecule has 3 aliphatic heterocycles. The molecule has 0 radical (unpaired) electrons. The van der Waals surface area contributed by atoms with E-state index < -0.39 is 18.1 Å². The number of rotatable bonds is 5. The van der Waals surface area contributed by atoms with Gasteiger partial charge in [0.05, 0.1) is 25.5 Å². The molecule has 1 aromatic rings. The van der Waals surface area contributed by atoms with Crippen molar-refractivity contribution < 1.29 is 27.8 Å². The average molecular weight is 455 g/mol. The molecule has 31 heavy (non-hydrogen) atoms. The summed E-state index contributed by atoms with van der Waals surface area (Å²) in [6.07, 6.45) is 1.97. The minimum atomic E-state index is -2.95. The first kappa shape index (κ1) is 21.6. The Labute approximate surface area is 182 Å². The van der Waals surface area contributed by atoms with Gasteiger partial charge in [-0.3, -0.25) is 4.79 Å². The third-order valence-corrected chi connectivity index (χ3v) is 6.92. The molecule has 3 N–H and O–H groups in total. The van der Waals surface area contributed by atoms with Crippen LogP contribution in [0.2, 0.25) is 0 Å². The molecular formula is C19H23F2N5O4S. The van der Waals surface area contributed by atoms with Gasteiger partial charge in [-0.05, 0) is 25.5 Å². The molecule has 1 unspecified atom stereocenters. The monoisotopic (exact) mass is 455 g/mol. The number of likely N-dealkylation sites (N-methyl/N-ethyl adjacent to an activating group) is 1. The number of thioether (sulfide) groups is 1. The second-order valence-corrected chi connectivity index (χ2v) is 8.58. The first-order valence-corrected chi connectivity index (χ1v) is 10.6. The number of hydrogen-bond acceptors (Lipinski definition) is 9. The third kappa shape index (κ3) is 4.26. The van der Waals surface area contributed by atoms with Crippen LogP contribution in [0.3, 0.4) is 0 Å². The van der Waals surface area contributed by atoms with Crippen LogP contribution in [0.25, 0.3) is 0 Å². The molecule has 1 fully saturated rings. The van der Waals surface area contributed by atoms with Crippen molar-refractivity contribution in [3.05, 3.63) is 35.3 Å². The van der Waals surface area contributed by atoms with Crippen molar-refractivity contribution in [1.82, 2.24) is 15.2 Å². The molecule has 4 rings (SSSR count). The van der Waals surface area contributed by atoms with E-state index in [1.165, 1.54) is 23.9 Å². The van der Waals surface area contributed by atoms with E-state index in [1.54, 1.807) is 0 Å². The summed E-state index contributed by atoms with van der Waals surface area (Å²) in [6, 6.07) is 2.72. The highest BCUT2D eigenvalue weighted by Crippen LogP contribution is 2.46. The summed E-state index contributed by atoms with van der Waals surface area (Å²) in [5.41, 5.74) is 5.37. The summed E-state index contributed by atoms with van der Waals surface area (Å²) in [7, 11) is 1.86. The lowest BCUT2D eigenvalue weighted by atomic mass is 9.78. The molecule has 0 aliphatic carbocycles. The minimum absolute atomic E-state index is 0.0727. The van der Waals surface area contributed by atoms with Gasteiger partial charge in [-0.15, -0.1) is 11.8 Å². The van der Waals surface area contributed by atoms with E-state index >= 15 is 0 Å². The van der Waals surface area contributed by atoms with Crippen molar-refractivity contribution >= 4 is 23.7 Å². The fraction of sp³-hybridized carbons (Fsp3) is 0.526. The quantitative estimate of drug-likeness (QED) is 0.691. The number of halogens is 2. The predicted molar refractivity (Wildman–Crippen MR) is 109 cm³/mol. The number of nitrogens with two attached hydrogens (primary N) is 1. The van der Waals surface area contributed by atoms with Crippen LogP contribution in [-0.2, 0) is 9.47 Å². The van der Waals surface area contributed by atoms with E-state index in [9.17, 15) is 13.6 Å². The number of amides is 1. The van der Waals surface area contributed by atoms with Crippen LogP contribution < -0.4 is 15.8 Å². The predicted octanol–water partition coefficient (Wildman–Crippen LogP) is 1.73. The Hall–Kier alpha value is -2.60. The number of ether oxygens (including phenoxy) is 3. The molecule has 0 saturated carbocycles. The van der Waals surface area contributed by atoms with Crippen LogP contribution in [-0.4, -0.2) is 65.7 Å². The Morgan fingerprint density at radius 3 is 3.00 bits per heavy atom. The van der Waals surface area contributed by atoms with E-state index in [0.29, 0.717) is 19.0 Å². The van der Waals surface area contributed by atoms with Gasteiger partial charge in [-0.1, -0.05) is 0 Å². The maximum atomic E-state index is 12.6. The number of pyridine rings is 1. The zero-order valence-electron chi connectivity index (χ0n) is 17.0. The molecule has 1 aromatic heterocycles. The molecule has 4 heterocycles. The Kier molecular flexibility index (Phi) is 5.93. The number of carbonyl (C=O) groups excluding carboxylic acids is 1. The van der Waals surface area contributed by atoms with Gasteiger partial charge in [0.25, 0.3) is 11.9 Å². The number of alkyl halides is 2. The van der Waals surface area contributed by atoms with E-state index in [2.05, 4.69) is 20.0 Å². The third-order valence-electron chi connectivity index (χ3n) is 5.58. The highest BCUT2D eigenvalue weighted by atomic mass is 32.2. The number of nitrogens with zero attached hydrogens (tertiary/aromatic N) is 3. The lowest BCUT2D eigenvalue weighted by Gasteiger charge is -2.49. The normalized spacial score (nSPS) is 30.2. The molecular weight excluding hydrogens is 432 g/mol. The minimum Gasteiger partial charge on any atom is -0.465 e. The van der Waals surface area contributed by atoms with Gasteiger partial charge in [-0.2, -0.15) is 8.78 Å². The molecule has 168 valence electrons. The van der Waals surface area contributed by atoms with E-state index in [4.69, 9.17) is 15.2 Å². The number of aliphatic imine (C=N–C) groups is 1. The maximum Gasteiger partial charge on any atom is 0.387 e. The van der Waals surface area contributed by atoms with E-state index in [-0.39, 0.29) is 34.9 Å². The summed E-state index contributed by atoms with van der Waals surface area (Å²) in [5, 5.41) is 4.49. The molecule has 12 heteroatoms. The fourth-order valence-electron chi connectivity index (χ4n) is 4.02. The van der Waals surface area contributed by atoms with Crippen molar-refractivity contribution in [1.29, 1.82) is 0 Å². The molecule has 0 aromatic carbocycles. The van der Waals surface area contributed by atoms with Crippen molar-refractivity contribution in [3.8, 4) is 5.75 Å². The second kappa shape index (κ2) is 8.50. The van der Waals surface area contributed by atoms with Gasteiger partial charge in [0, 0.05) is 18.4 Å². The average Bonchev–Trinajstić information content (AvgIpc) is 3.09. The maximum absolute atomic E-state index is 12.6. The van der Waals surface area contributed by atoms with Crippen LogP contribution in [0.1, 0.15) is 23.8 Å². The standard InChI is InChI=1S/C19H23F2N5O4S/c1-10-5-11-7-28-18(22)25-19(11,9-29-10)16-26(2)14(8-31-16)24-15(27)13-4-3-12(6-23-13)30-17(20)21/h3-4,6,8,10-11,16-17H,5,7,9H2,1-2H3,(H2,22,25)(H,24,27)/t10-,11-,16+,19?/m0/s1. The first-order chi connectivity index (χ1) is 14.8. The van der Waals surface area contributed by atoms with Crippen molar-refractivity contribution in [2.24, 2.45) is 16.6 Å². The number of carbonyl (C=O) groups is 1. The zero-order valence-corrected chi connectivity index (χ0v) is 17.8. The van der Waals surface area contributed by atoms with Crippen LogP contribution in [0, 0.1) is 5.92 Å². The van der Waals surface area contributed by atoms with Crippen LogP contribution in [0.15, 0.2) is 34.6 Å². The number of fused-ring (bicyclic) bond motifs is 1. The number of nitrogens with one attached hydrogen (secondary N) is 1. The fourth-order valence-corrected chi connectivity index (χ4v) is 5.35. The van der Waals surface area contributed by atoms with E-state index in [0.717, 1.165) is 12.6 Å². The lowest BCUT2D eigenvalue weighted by Crippen LogP contribution is -2.62. The summed E-state index contributed by atoms with van der Waals surface area (Å²) in [6.45, 7) is -0.0738. The van der Waals surface area contributed by atoms with Crippen molar-refractivity contribution in [2.45, 2.75) is 37.0 Å². The Morgan fingerprint density at radius 1 is 1.48 bits per heavy atom. The first-order valence-electron chi connectivity index (χ1n) is 9.69. The van der Waals surface area contributed by atoms with Crippen LogP contribution in [0.4, 0.5) is 8.78 Å². The van der Waals surface area contributed by atoms with E-state index in [1.807, 2.05) is 24.3 Å². The van der Waals surface area contributed by atoms with Gasteiger partial charge >= 0.3 is 6.61 Å². The SMILES string of the molecule is C[C@H]1C[C@H]2COC(N)=NC2([C@H]2SC=C(NC(=O)c3ccc(OC(F)F)cn3)N2C)CO1. The van der Waals surface area contributed by atoms with Crippen LogP contribution >= 0.6 is 11.8 Å². The second-order valence-electron chi connectivity index (χ2n) is 7.62. The van der Waals surface area contributed by atoms with Gasteiger partial charge in [0.15, 0.2) is 0 Å². The van der Waals surface area contributed by atoms with Crippen LogP contribution in [0.5, 0.6) is 5.75 Å². The van der Waals surface area contributed by atoms with Gasteiger partial charge in [0.1, 0.15) is 28.2 Å². The number of aromatic nitrogens is 1. The Bertz CT molecular complexity index is 900. The van der Waals surface area contributed by atoms with Crippen molar-refractivity contribution in [3.63, 3.8) is 0 Å². The van der Waals surface area contributed by atoms with Crippen molar-refractivity contribution in [2.75, 3.05) is 20.3 Å². The summed E-state index contributed by atoms with van der Waals surface area (Å²) in [4.78, 5) is 23.1. The smallest absolute Gasteiger partial charge is 0.387 e. The van der Waals surface area contributed by atoms with Gasteiger partial charge < -0.3 is 30.2 Å². The largest absolute Gasteiger partial charge is 0.465 e. The molecule has 9 nitrogen and oxygen atoms in total. The molecule has 1 amide bonds. The Balaban J connectivity index is 1.46. The highest BCUT2D eigenvalue weighted by Gasteiger charge is 2.55. The number of amidine groups is 1. The lowest BCUT2D eigenvalue weighted by molar-refractivity contribution is -0.0810. The summed E-state index contributed by atoms with van der Waals surface area (Å²) >= 11 is 1.52. The highest BCUT2D eigenvalue weighted by molar-refractivity contribution is 8.03. The molecule has 0 bridgehead atoms. The number of hydrogen-bond donors (Lipinski definition) is 2. The summed E-state index contributed by atoms with van der Waals surface area (Å²) < 4.78 is 40.2. The summed E-state index contributed by atoms with van der Waals surface area (Å²) in [5.74, 6) is 0.101. The topological polar surface area (TPSA) is 111 Å². The van der Waals surface area contributed by atoms with Gasteiger partial charge in [0.2, 0.25) is 0 Å². The molecule has 0 spiro atoms. The molecule has 3 aliphatic rings. The Morgan fingerprint density at radius 2 is 2.29 bits per heavy atom. The van der Waals surface area contributed by atoms with Gasteiger partial charge in [-0.25, -0.2) is 9.98 Å². The zero-order chi connectivity index (χ0) is 22.2.